The lowest BCUT2D eigenvalue weighted by molar-refractivity contribution is 0.0690. The summed E-state index contributed by atoms with van der Waals surface area (Å²) in [6.07, 6.45) is 5.78. The minimum absolute atomic E-state index is 0.0110. The van der Waals surface area contributed by atoms with E-state index in [1.54, 1.807) is 0 Å². The number of benzene rings is 1. The molecule has 0 spiro atoms. The summed E-state index contributed by atoms with van der Waals surface area (Å²) in [5.41, 5.74) is 0.769. The summed E-state index contributed by atoms with van der Waals surface area (Å²) in [5, 5.41) is 18.0. The van der Waals surface area contributed by atoms with Gasteiger partial charge < -0.3 is 10.0 Å². The average Bonchev–Trinajstić information content (AvgIpc) is 3.01. The van der Waals surface area contributed by atoms with Crippen LogP contribution in [0.3, 0.4) is 0 Å². The van der Waals surface area contributed by atoms with Crippen LogP contribution in [0.4, 0.5) is 5.82 Å². The summed E-state index contributed by atoms with van der Waals surface area (Å²) < 4.78 is 0. The van der Waals surface area contributed by atoms with Gasteiger partial charge in [-0.15, -0.1) is 15.0 Å². The predicted molar refractivity (Wildman–Crippen MR) is 83.6 cm³/mol. The monoisotopic (exact) mass is 300 g/mol. The molecule has 3 rings (SSSR count). The van der Waals surface area contributed by atoms with E-state index in [2.05, 4.69) is 10.2 Å². The summed E-state index contributed by atoms with van der Waals surface area (Å²) in [5.74, 6) is -0.594. The van der Waals surface area contributed by atoms with Crippen LogP contribution in [-0.4, -0.2) is 39.2 Å². The molecule has 1 aliphatic carbocycles. The fraction of sp³-hybridized carbons (Fsp3) is 0.438. The Morgan fingerprint density at radius 3 is 2.50 bits per heavy atom. The van der Waals surface area contributed by atoms with Crippen LogP contribution in [0.25, 0.3) is 5.69 Å². The van der Waals surface area contributed by atoms with Gasteiger partial charge in [-0.25, -0.2) is 4.79 Å². The van der Waals surface area contributed by atoms with Gasteiger partial charge in [-0.1, -0.05) is 37.5 Å². The number of carboxylic acids is 1. The second-order valence-electron chi connectivity index (χ2n) is 5.71. The van der Waals surface area contributed by atoms with Crippen LogP contribution in [0.2, 0.25) is 0 Å². The van der Waals surface area contributed by atoms with Crippen LogP contribution in [0, 0.1) is 0 Å². The van der Waals surface area contributed by atoms with E-state index in [0.29, 0.717) is 11.9 Å². The average molecular weight is 300 g/mol. The maximum Gasteiger partial charge on any atom is 0.360 e. The van der Waals surface area contributed by atoms with Crippen LogP contribution in [0.15, 0.2) is 30.3 Å². The zero-order chi connectivity index (χ0) is 15.5. The molecule has 1 saturated carbocycles. The van der Waals surface area contributed by atoms with Crippen molar-refractivity contribution in [3.63, 3.8) is 0 Å². The number of nitrogens with zero attached hydrogens (tertiary/aromatic N) is 4. The zero-order valence-electron chi connectivity index (χ0n) is 12.6. The van der Waals surface area contributed by atoms with Gasteiger partial charge in [0.05, 0.1) is 5.69 Å². The van der Waals surface area contributed by atoms with Crippen LogP contribution in [-0.2, 0) is 0 Å². The van der Waals surface area contributed by atoms with Gasteiger partial charge in [0.2, 0.25) is 5.69 Å². The molecule has 6 nitrogen and oxygen atoms in total. The lowest BCUT2D eigenvalue weighted by Gasteiger charge is -2.31. The van der Waals surface area contributed by atoms with Gasteiger partial charge in [0, 0.05) is 13.1 Å². The van der Waals surface area contributed by atoms with Crippen LogP contribution in [0.5, 0.6) is 0 Å². The van der Waals surface area contributed by atoms with Crippen LogP contribution in [0.1, 0.15) is 42.6 Å². The molecule has 0 unspecified atom stereocenters. The number of carbonyl (C=O) groups is 1. The number of carboxylic acid groups (broad SMARTS) is 1. The van der Waals surface area contributed by atoms with E-state index >= 15 is 0 Å². The molecule has 116 valence electrons. The number of aromatic nitrogens is 3. The van der Waals surface area contributed by atoms with Gasteiger partial charge in [-0.2, -0.15) is 0 Å². The molecule has 0 amide bonds. The van der Waals surface area contributed by atoms with E-state index in [4.69, 9.17) is 0 Å². The van der Waals surface area contributed by atoms with Crippen molar-refractivity contribution in [3.05, 3.63) is 36.0 Å². The Labute approximate surface area is 129 Å². The number of hydrogen-bond acceptors (Lipinski definition) is 4. The lowest BCUT2D eigenvalue weighted by Crippen LogP contribution is -2.34. The van der Waals surface area contributed by atoms with Gasteiger partial charge in [-0.3, -0.25) is 0 Å². The van der Waals surface area contributed by atoms with E-state index < -0.39 is 5.97 Å². The highest BCUT2D eigenvalue weighted by Gasteiger charge is 2.27. The number of hydrogen-bond donors (Lipinski definition) is 1. The zero-order valence-corrected chi connectivity index (χ0v) is 12.6. The SMILES string of the molecule is CN(c1nn(-c2ccccc2)nc1C(=O)O)C1CCCCC1. The lowest BCUT2D eigenvalue weighted by atomic mass is 9.94. The fourth-order valence-corrected chi connectivity index (χ4v) is 2.99. The molecule has 1 N–H and O–H groups in total. The van der Waals surface area contributed by atoms with Gasteiger partial charge in [0.1, 0.15) is 0 Å². The minimum Gasteiger partial charge on any atom is -0.476 e. The molecule has 22 heavy (non-hydrogen) atoms. The van der Waals surface area contributed by atoms with Gasteiger partial charge in [-0.05, 0) is 25.0 Å². The third-order valence-electron chi connectivity index (χ3n) is 4.24. The first-order valence-corrected chi connectivity index (χ1v) is 7.65. The third kappa shape index (κ3) is 2.81. The first kappa shape index (κ1) is 14.6. The van der Waals surface area contributed by atoms with Crippen molar-refractivity contribution in [1.29, 1.82) is 0 Å². The van der Waals surface area contributed by atoms with Crippen LogP contribution >= 0.6 is 0 Å². The Kier molecular flexibility index (Phi) is 4.09. The van der Waals surface area contributed by atoms with Crippen molar-refractivity contribution in [2.45, 2.75) is 38.1 Å². The van der Waals surface area contributed by atoms with E-state index in [-0.39, 0.29) is 5.69 Å². The third-order valence-corrected chi connectivity index (χ3v) is 4.24. The highest BCUT2D eigenvalue weighted by Crippen LogP contribution is 2.27. The molecule has 1 aromatic carbocycles. The van der Waals surface area contributed by atoms with E-state index in [1.807, 2.05) is 42.3 Å². The van der Waals surface area contributed by atoms with Crippen molar-refractivity contribution in [3.8, 4) is 5.69 Å². The maximum atomic E-state index is 11.5. The molecule has 0 atom stereocenters. The first-order valence-electron chi connectivity index (χ1n) is 7.65. The topological polar surface area (TPSA) is 71.2 Å². The van der Waals surface area contributed by atoms with Crippen molar-refractivity contribution < 1.29 is 9.90 Å². The summed E-state index contributed by atoms with van der Waals surface area (Å²) in [6, 6.07) is 9.72. The fourth-order valence-electron chi connectivity index (χ4n) is 2.99. The molecular weight excluding hydrogens is 280 g/mol. The second-order valence-corrected chi connectivity index (χ2v) is 5.71. The highest BCUT2D eigenvalue weighted by atomic mass is 16.4. The largest absolute Gasteiger partial charge is 0.476 e. The normalized spacial score (nSPS) is 15.7. The van der Waals surface area contributed by atoms with Gasteiger partial charge in [0.15, 0.2) is 5.82 Å². The summed E-state index contributed by atoms with van der Waals surface area (Å²) >= 11 is 0. The molecule has 0 bridgehead atoms. The standard InChI is InChI=1S/C16H20N4O2/c1-19(12-8-4-2-5-9-12)15-14(16(21)22)17-20(18-15)13-10-6-3-7-11-13/h3,6-7,10-12H,2,4-5,8-9H2,1H3,(H,21,22). The van der Waals surface area contributed by atoms with E-state index in [0.717, 1.165) is 18.5 Å². The van der Waals surface area contributed by atoms with Gasteiger partial charge >= 0.3 is 5.97 Å². The number of rotatable bonds is 4. The summed E-state index contributed by atoms with van der Waals surface area (Å²) in [7, 11) is 1.92. The molecule has 1 aliphatic rings. The minimum atomic E-state index is -1.04. The van der Waals surface area contributed by atoms with Crippen molar-refractivity contribution >= 4 is 11.8 Å². The highest BCUT2D eigenvalue weighted by molar-refractivity contribution is 5.91. The quantitative estimate of drug-likeness (QED) is 0.940. The van der Waals surface area contributed by atoms with Crippen molar-refractivity contribution in [2.24, 2.45) is 0 Å². The number of aromatic carboxylic acids is 1. The maximum absolute atomic E-state index is 11.5. The molecule has 2 aromatic rings. The van der Waals surface area contributed by atoms with Crippen molar-refractivity contribution in [2.75, 3.05) is 11.9 Å². The Morgan fingerprint density at radius 1 is 1.18 bits per heavy atom. The van der Waals surface area contributed by atoms with Gasteiger partial charge in [0.25, 0.3) is 0 Å². The molecule has 1 aromatic heterocycles. The Hall–Kier alpha value is -2.37. The van der Waals surface area contributed by atoms with E-state index in [9.17, 15) is 9.90 Å². The molecule has 6 heteroatoms. The molecular formula is C16H20N4O2. The summed E-state index contributed by atoms with van der Waals surface area (Å²) in [4.78, 5) is 14.9. The Bertz CT molecular complexity index is 647. The van der Waals surface area contributed by atoms with Crippen LogP contribution < -0.4 is 4.90 Å². The second kappa shape index (κ2) is 6.17. The smallest absolute Gasteiger partial charge is 0.360 e. The summed E-state index contributed by atoms with van der Waals surface area (Å²) in [6.45, 7) is 0. The molecule has 0 saturated heterocycles. The number of para-hydroxylation sites is 1. The van der Waals surface area contributed by atoms with E-state index in [1.165, 1.54) is 24.1 Å². The molecule has 1 heterocycles. The molecule has 0 aliphatic heterocycles. The number of anilines is 1. The Balaban J connectivity index is 1.95. The van der Waals surface area contributed by atoms with Crippen molar-refractivity contribution in [1.82, 2.24) is 15.0 Å². The Morgan fingerprint density at radius 2 is 1.86 bits per heavy atom. The molecule has 0 radical (unpaired) electrons. The predicted octanol–water partition coefficient (Wildman–Crippen LogP) is 2.73. The molecule has 1 fully saturated rings. The first-order chi connectivity index (χ1) is 10.7.